The number of likely N-dealkylation sites (tertiary alicyclic amines) is 1. The summed E-state index contributed by atoms with van der Waals surface area (Å²) in [5, 5.41) is 10.2. The summed E-state index contributed by atoms with van der Waals surface area (Å²) >= 11 is 0. The average Bonchev–Trinajstić information content (AvgIpc) is 3.29. The molecule has 160 valence electrons. The molecule has 1 amide bonds. The van der Waals surface area contributed by atoms with E-state index in [0.717, 1.165) is 41.7 Å². The summed E-state index contributed by atoms with van der Waals surface area (Å²) in [5.74, 6) is 0.481. The summed E-state index contributed by atoms with van der Waals surface area (Å²) < 4.78 is 0. The maximum atomic E-state index is 13.5. The number of nitrogens with one attached hydrogen (secondary N) is 1. The summed E-state index contributed by atoms with van der Waals surface area (Å²) in [6, 6.07) is 13.9. The minimum atomic E-state index is -0.176. The third-order valence-corrected chi connectivity index (χ3v) is 6.69. The maximum Gasteiger partial charge on any atom is 0.230 e. The van der Waals surface area contributed by atoms with Gasteiger partial charge >= 0.3 is 0 Å². The number of anilines is 1. The zero-order chi connectivity index (χ0) is 22.0. The van der Waals surface area contributed by atoms with Gasteiger partial charge in [0.15, 0.2) is 0 Å². The van der Waals surface area contributed by atoms with Gasteiger partial charge in [0.2, 0.25) is 5.91 Å². The molecular formula is C25H29N5O. The smallest absolute Gasteiger partial charge is 0.230 e. The summed E-state index contributed by atoms with van der Waals surface area (Å²) in [7, 11) is 2.12. The van der Waals surface area contributed by atoms with Crippen LogP contribution in [0.2, 0.25) is 0 Å². The molecule has 6 nitrogen and oxygen atoms in total. The van der Waals surface area contributed by atoms with E-state index < -0.39 is 0 Å². The second-order valence-electron chi connectivity index (χ2n) is 8.49. The van der Waals surface area contributed by atoms with Crippen LogP contribution in [0, 0.1) is 17.2 Å². The third-order valence-electron chi connectivity index (χ3n) is 6.69. The minimum absolute atomic E-state index is 0.176. The van der Waals surface area contributed by atoms with Crippen molar-refractivity contribution in [3.63, 3.8) is 0 Å². The fourth-order valence-corrected chi connectivity index (χ4v) is 4.75. The van der Waals surface area contributed by atoms with Crippen molar-refractivity contribution in [3.8, 4) is 6.07 Å². The highest BCUT2D eigenvalue weighted by Gasteiger charge is 2.34. The Labute approximate surface area is 183 Å². The summed E-state index contributed by atoms with van der Waals surface area (Å²) in [4.78, 5) is 25.4. The number of H-pyrrole nitrogens is 1. The van der Waals surface area contributed by atoms with E-state index in [2.05, 4.69) is 54.0 Å². The van der Waals surface area contributed by atoms with Gasteiger partial charge in [0.1, 0.15) is 5.65 Å². The number of rotatable bonds is 5. The molecule has 2 aromatic heterocycles. The number of benzene rings is 1. The van der Waals surface area contributed by atoms with Crippen LogP contribution in [0.15, 0.2) is 48.8 Å². The Balaban J connectivity index is 1.55. The SMILES string of the molecule is CCC(C(=O)N1CC[C@@H](C)C(N(C)c2ccnc3[nH]ccc23)C1)c1ccc(C#N)cc1. The first-order valence-electron chi connectivity index (χ1n) is 11.0. The molecule has 1 N–H and O–H groups in total. The molecule has 4 rings (SSSR count). The molecule has 6 heteroatoms. The van der Waals surface area contributed by atoms with Gasteiger partial charge in [-0.2, -0.15) is 5.26 Å². The van der Waals surface area contributed by atoms with Crippen LogP contribution in [0.1, 0.15) is 43.7 Å². The molecule has 1 aromatic carbocycles. The zero-order valence-corrected chi connectivity index (χ0v) is 18.4. The van der Waals surface area contributed by atoms with Gasteiger partial charge in [-0.3, -0.25) is 4.79 Å². The van der Waals surface area contributed by atoms with E-state index in [0.29, 0.717) is 18.0 Å². The Morgan fingerprint density at radius 3 is 2.81 bits per heavy atom. The van der Waals surface area contributed by atoms with E-state index in [-0.39, 0.29) is 17.9 Å². The molecule has 0 spiro atoms. The highest BCUT2D eigenvalue weighted by atomic mass is 16.2. The molecule has 0 radical (unpaired) electrons. The van der Waals surface area contributed by atoms with Crippen LogP contribution < -0.4 is 4.90 Å². The number of nitriles is 1. The topological polar surface area (TPSA) is 76.0 Å². The number of amides is 1. The van der Waals surface area contributed by atoms with Crippen LogP contribution in [-0.2, 0) is 4.79 Å². The minimum Gasteiger partial charge on any atom is -0.369 e. The first-order chi connectivity index (χ1) is 15.0. The third kappa shape index (κ3) is 4.00. The number of likely N-dealkylation sites (N-methyl/N-ethyl adjacent to an activating group) is 1. The highest BCUT2D eigenvalue weighted by molar-refractivity contribution is 5.90. The van der Waals surface area contributed by atoms with E-state index >= 15 is 0 Å². The highest BCUT2D eigenvalue weighted by Crippen LogP contribution is 2.32. The van der Waals surface area contributed by atoms with Crippen LogP contribution in [0.4, 0.5) is 5.69 Å². The van der Waals surface area contributed by atoms with Crippen LogP contribution in [0.5, 0.6) is 0 Å². The van der Waals surface area contributed by atoms with Crippen LogP contribution in [0.25, 0.3) is 11.0 Å². The lowest BCUT2D eigenvalue weighted by Crippen LogP contribution is -2.53. The Hall–Kier alpha value is -3.33. The zero-order valence-electron chi connectivity index (χ0n) is 18.4. The number of hydrogen-bond donors (Lipinski definition) is 1. The number of pyridine rings is 1. The predicted octanol–water partition coefficient (Wildman–Crippen LogP) is 4.30. The molecule has 0 saturated carbocycles. The normalized spacial score (nSPS) is 19.7. The van der Waals surface area contributed by atoms with Crippen LogP contribution in [0.3, 0.4) is 0 Å². The molecule has 1 saturated heterocycles. The van der Waals surface area contributed by atoms with Gasteiger partial charge in [0.25, 0.3) is 0 Å². The Bertz CT molecular complexity index is 1100. The molecule has 0 aliphatic carbocycles. The predicted molar refractivity (Wildman–Crippen MR) is 123 cm³/mol. The van der Waals surface area contributed by atoms with Gasteiger partial charge in [-0.05, 0) is 48.6 Å². The van der Waals surface area contributed by atoms with Crippen molar-refractivity contribution in [2.45, 2.75) is 38.6 Å². The fraction of sp³-hybridized carbons (Fsp3) is 0.400. The van der Waals surface area contributed by atoms with E-state index in [9.17, 15) is 4.79 Å². The van der Waals surface area contributed by atoms with Crippen molar-refractivity contribution in [1.82, 2.24) is 14.9 Å². The molecule has 3 atom stereocenters. The Morgan fingerprint density at radius 1 is 1.32 bits per heavy atom. The first-order valence-corrected chi connectivity index (χ1v) is 11.0. The van der Waals surface area contributed by atoms with Crippen molar-refractivity contribution in [2.75, 3.05) is 25.0 Å². The summed E-state index contributed by atoms with van der Waals surface area (Å²) in [5.41, 5.74) is 3.62. The molecular weight excluding hydrogens is 386 g/mol. The van der Waals surface area contributed by atoms with Gasteiger partial charge in [0.05, 0.1) is 17.6 Å². The summed E-state index contributed by atoms with van der Waals surface area (Å²) in [6.07, 6.45) is 5.47. The Kier molecular flexibility index (Phi) is 5.94. The lowest BCUT2D eigenvalue weighted by molar-refractivity contribution is -0.134. The maximum absolute atomic E-state index is 13.5. The van der Waals surface area contributed by atoms with Crippen molar-refractivity contribution in [1.29, 1.82) is 5.26 Å². The number of aromatic nitrogens is 2. The number of nitrogens with zero attached hydrogens (tertiary/aromatic N) is 4. The van der Waals surface area contributed by atoms with E-state index in [1.165, 1.54) is 0 Å². The van der Waals surface area contributed by atoms with Crippen molar-refractivity contribution in [3.05, 3.63) is 59.9 Å². The Morgan fingerprint density at radius 2 is 2.10 bits per heavy atom. The molecule has 0 bridgehead atoms. The lowest BCUT2D eigenvalue weighted by atomic mass is 9.89. The number of aromatic amines is 1. The van der Waals surface area contributed by atoms with Gasteiger partial charge in [-0.15, -0.1) is 0 Å². The second kappa shape index (κ2) is 8.81. The first kappa shape index (κ1) is 20.9. The molecule has 3 heterocycles. The largest absolute Gasteiger partial charge is 0.369 e. The average molecular weight is 416 g/mol. The van der Waals surface area contributed by atoms with Gasteiger partial charge < -0.3 is 14.8 Å². The van der Waals surface area contributed by atoms with Gasteiger partial charge in [-0.25, -0.2) is 4.98 Å². The lowest BCUT2D eigenvalue weighted by Gasteiger charge is -2.43. The molecule has 1 aliphatic heterocycles. The number of carbonyl (C=O) groups excluding carboxylic acids is 1. The standard InChI is InChI=1S/C25H29N5O/c1-4-20(19-7-5-18(15-26)6-8-19)25(31)30-14-11-17(2)23(16-30)29(3)22-10-13-28-24-21(22)9-12-27-24/h5-10,12-13,17,20,23H,4,11,14,16H2,1-3H3,(H,27,28)/t17-,20?,23?/m1/s1. The van der Waals surface area contributed by atoms with Gasteiger partial charge in [0, 0.05) is 49.6 Å². The molecule has 31 heavy (non-hydrogen) atoms. The quantitative estimate of drug-likeness (QED) is 0.674. The van der Waals surface area contributed by atoms with Crippen molar-refractivity contribution < 1.29 is 4.79 Å². The number of hydrogen-bond acceptors (Lipinski definition) is 4. The molecule has 1 fully saturated rings. The van der Waals surface area contributed by atoms with E-state index in [1.54, 1.807) is 12.1 Å². The van der Waals surface area contributed by atoms with E-state index in [1.807, 2.05) is 29.4 Å². The summed E-state index contributed by atoms with van der Waals surface area (Å²) in [6.45, 7) is 5.82. The second-order valence-corrected chi connectivity index (χ2v) is 8.49. The van der Waals surface area contributed by atoms with Crippen molar-refractivity contribution >= 4 is 22.6 Å². The molecule has 1 aliphatic rings. The van der Waals surface area contributed by atoms with Crippen LogP contribution in [-0.4, -0.2) is 47.0 Å². The fourth-order valence-electron chi connectivity index (χ4n) is 4.75. The van der Waals surface area contributed by atoms with Crippen molar-refractivity contribution in [2.24, 2.45) is 5.92 Å². The molecule has 2 unspecified atom stereocenters. The number of piperidine rings is 1. The van der Waals surface area contributed by atoms with Gasteiger partial charge in [-0.1, -0.05) is 26.0 Å². The molecule has 3 aromatic rings. The van der Waals surface area contributed by atoms with Crippen LogP contribution >= 0.6 is 0 Å². The van der Waals surface area contributed by atoms with E-state index in [4.69, 9.17) is 5.26 Å². The number of carbonyl (C=O) groups is 1. The number of fused-ring (bicyclic) bond motifs is 1. The monoisotopic (exact) mass is 415 g/mol.